The highest BCUT2D eigenvalue weighted by atomic mass is 32.2. The van der Waals surface area contributed by atoms with Gasteiger partial charge in [-0.05, 0) is 42.8 Å². The lowest BCUT2D eigenvalue weighted by Crippen LogP contribution is -2.35. The molecule has 39 heavy (non-hydrogen) atoms. The molecule has 1 amide bonds. The Morgan fingerprint density at radius 1 is 0.872 bits per heavy atom. The van der Waals surface area contributed by atoms with Gasteiger partial charge < -0.3 is 19.3 Å². The van der Waals surface area contributed by atoms with Crippen LogP contribution in [0.15, 0.2) is 83.9 Å². The van der Waals surface area contributed by atoms with Gasteiger partial charge >= 0.3 is 0 Å². The Kier molecular flexibility index (Phi) is 7.70. The van der Waals surface area contributed by atoms with Gasteiger partial charge in [0.1, 0.15) is 11.5 Å². The highest BCUT2D eigenvalue weighted by Crippen LogP contribution is 2.30. The van der Waals surface area contributed by atoms with Crippen molar-refractivity contribution in [1.29, 1.82) is 0 Å². The van der Waals surface area contributed by atoms with Gasteiger partial charge in [0.25, 0.3) is 5.91 Å². The smallest absolute Gasteiger partial charge is 0.254 e. The molecule has 1 saturated heterocycles. The number of amides is 1. The maximum absolute atomic E-state index is 13.5. The van der Waals surface area contributed by atoms with Crippen molar-refractivity contribution in [3.8, 4) is 11.5 Å². The summed E-state index contributed by atoms with van der Waals surface area (Å²) in [5.74, 6) is 0.801. The summed E-state index contributed by atoms with van der Waals surface area (Å²) >= 11 is 0. The van der Waals surface area contributed by atoms with Gasteiger partial charge in [-0.25, -0.2) is 8.42 Å². The number of ether oxygens (including phenoxy) is 2. The van der Waals surface area contributed by atoms with Crippen molar-refractivity contribution in [3.05, 3.63) is 90.1 Å². The summed E-state index contributed by atoms with van der Waals surface area (Å²) < 4.78 is 37.9. The highest BCUT2D eigenvalue weighted by molar-refractivity contribution is 7.90. The second-order valence-corrected chi connectivity index (χ2v) is 11.4. The fraction of sp³-hybridized carbons (Fsp3) is 0.267. The third kappa shape index (κ3) is 5.54. The van der Waals surface area contributed by atoms with E-state index in [1.165, 1.54) is 7.11 Å². The van der Waals surface area contributed by atoms with Crippen LogP contribution >= 0.6 is 0 Å². The minimum absolute atomic E-state index is 0.108. The van der Waals surface area contributed by atoms with E-state index < -0.39 is 9.84 Å². The number of sulfone groups is 1. The number of para-hydroxylation sites is 3. The molecule has 5 rings (SSSR count). The Bertz CT molecular complexity index is 1600. The van der Waals surface area contributed by atoms with Gasteiger partial charge in [0.05, 0.1) is 36.1 Å². The van der Waals surface area contributed by atoms with E-state index in [9.17, 15) is 13.2 Å². The number of rotatable bonds is 7. The number of nitrogens with zero attached hydrogens (tertiary/aromatic N) is 3. The number of hydrogen-bond donors (Lipinski definition) is 0. The van der Waals surface area contributed by atoms with Crippen LogP contribution in [0.5, 0.6) is 11.5 Å². The minimum Gasteiger partial charge on any atom is -0.496 e. The molecule has 8 nitrogen and oxygen atoms in total. The second-order valence-electron chi connectivity index (χ2n) is 9.42. The summed E-state index contributed by atoms with van der Waals surface area (Å²) in [6.07, 6.45) is 2.40. The molecule has 9 heteroatoms. The van der Waals surface area contributed by atoms with E-state index in [0.717, 1.165) is 29.8 Å². The maximum atomic E-state index is 13.5. The van der Waals surface area contributed by atoms with Crippen molar-refractivity contribution in [1.82, 2.24) is 9.88 Å². The molecule has 1 aromatic heterocycles. The number of hydrogen-bond acceptors (Lipinski definition) is 7. The molecule has 4 aromatic rings. The summed E-state index contributed by atoms with van der Waals surface area (Å²) in [7, 11) is -0.580. The average molecular weight is 546 g/mol. The topological polar surface area (TPSA) is 89.0 Å². The van der Waals surface area contributed by atoms with E-state index in [1.54, 1.807) is 49.7 Å². The number of fused-ring (bicyclic) bond motifs is 1. The van der Waals surface area contributed by atoms with Gasteiger partial charge in [-0.1, -0.05) is 36.4 Å². The van der Waals surface area contributed by atoms with Crippen LogP contribution < -0.4 is 14.4 Å². The molecule has 1 fully saturated rings. The fourth-order valence-electron chi connectivity index (χ4n) is 5.04. The number of methoxy groups -OCH3 is 2. The van der Waals surface area contributed by atoms with E-state index in [-0.39, 0.29) is 16.6 Å². The van der Waals surface area contributed by atoms with Crippen molar-refractivity contribution >= 4 is 32.3 Å². The summed E-state index contributed by atoms with van der Waals surface area (Å²) in [6, 6.07) is 21.6. The Labute approximate surface area is 228 Å². The number of benzene rings is 3. The van der Waals surface area contributed by atoms with E-state index in [0.29, 0.717) is 42.0 Å². The predicted octanol–water partition coefficient (Wildman–Crippen LogP) is 4.58. The second kappa shape index (κ2) is 11.3. The summed E-state index contributed by atoms with van der Waals surface area (Å²) in [4.78, 5) is 22.0. The molecule has 1 aliphatic heterocycles. The summed E-state index contributed by atoms with van der Waals surface area (Å²) in [5, 5.41) is 0.758. The monoisotopic (exact) mass is 545 g/mol. The Morgan fingerprint density at radius 2 is 1.67 bits per heavy atom. The molecule has 0 spiro atoms. The number of aromatic nitrogens is 1. The lowest BCUT2D eigenvalue weighted by molar-refractivity contribution is 0.0766. The lowest BCUT2D eigenvalue weighted by atomic mass is 10.1. The molecule has 3 aromatic carbocycles. The van der Waals surface area contributed by atoms with Gasteiger partial charge in [0.15, 0.2) is 9.84 Å². The van der Waals surface area contributed by atoms with Gasteiger partial charge in [0.2, 0.25) is 0 Å². The van der Waals surface area contributed by atoms with Crippen molar-refractivity contribution in [3.63, 3.8) is 0 Å². The van der Waals surface area contributed by atoms with Crippen LogP contribution in [0, 0.1) is 0 Å². The third-order valence-electron chi connectivity index (χ3n) is 7.02. The molecular weight excluding hydrogens is 514 g/mol. The third-order valence-corrected chi connectivity index (χ3v) is 8.71. The standard InChI is InChI=1S/C30H31N3O5S/c1-37-26-11-4-3-10-25(26)32-16-7-17-33(19-18-32)30(34)23-13-14-24(27(20-23)38-2)21-39(35,36)28-12-5-8-22-9-6-15-31-29(22)28/h3-6,8-15,20H,7,16-19,21H2,1-2H3. The average Bonchev–Trinajstić information content (AvgIpc) is 3.23. The fourth-order valence-corrected chi connectivity index (χ4v) is 6.60. The zero-order valence-corrected chi connectivity index (χ0v) is 22.9. The predicted molar refractivity (Wildman–Crippen MR) is 151 cm³/mol. The molecule has 2 heterocycles. The number of anilines is 1. The van der Waals surface area contributed by atoms with Crippen LogP contribution in [-0.4, -0.2) is 64.6 Å². The molecule has 0 N–H and O–H groups in total. The van der Waals surface area contributed by atoms with Crippen LogP contribution in [0.4, 0.5) is 5.69 Å². The molecule has 1 aliphatic rings. The molecule has 0 unspecified atom stereocenters. The van der Waals surface area contributed by atoms with Gasteiger partial charge in [-0.15, -0.1) is 0 Å². The molecule has 202 valence electrons. The quantitative estimate of drug-likeness (QED) is 0.336. The van der Waals surface area contributed by atoms with Crippen LogP contribution in [0.2, 0.25) is 0 Å². The van der Waals surface area contributed by atoms with Crippen LogP contribution in [0.3, 0.4) is 0 Å². The Hall–Kier alpha value is -4.11. The van der Waals surface area contributed by atoms with Gasteiger partial charge in [0, 0.05) is 48.9 Å². The van der Waals surface area contributed by atoms with Crippen LogP contribution in [0.25, 0.3) is 10.9 Å². The first-order valence-electron chi connectivity index (χ1n) is 12.8. The number of carbonyl (C=O) groups excluding carboxylic acids is 1. The first-order chi connectivity index (χ1) is 18.9. The molecule has 0 bridgehead atoms. The van der Waals surface area contributed by atoms with Gasteiger partial charge in [-0.3, -0.25) is 9.78 Å². The van der Waals surface area contributed by atoms with Crippen molar-refractivity contribution in [2.24, 2.45) is 0 Å². The van der Waals surface area contributed by atoms with E-state index in [4.69, 9.17) is 9.47 Å². The first kappa shape index (κ1) is 26.5. The normalized spacial score (nSPS) is 14.2. The molecule has 0 radical (unpaired) electrons. The summed E-state index contributed by atoms with van der Waals surface area (Å²) in [5.41, 5.74) is 2.41. The molecule has 0 aliphatic carbocycles. The SMILES string of the molecule is COc1cc(C(=O)N2CCCN(c3ccccc3OC)CC2)ccc1CS(=O)(=O)c1cccc2cccnc12. The minimum atomic E-state index is -3.72. The summed E-state index contributed by atoms with van der Waals surface area (Å²) in [6.45, 7) is 2.67. The van der Waals surface area contributed by atoms with E-state index in [1.807, 2.05) is 41.3 Å². The van der Waals surface area contributed by atoms with E-state index in [2.05, 4.69) is 9.88 Å². The lowest BCUT2D eigenvalue weighted by Gasteiger charge is -2.25. The van der Waals surface area contributed by atoms with Gasteiger partial charge in [-0.2, -0.15) is 0 Å². The molecule has 0 saturated carbocycles. The number of carbonyl (C=O) groups is 1. The first-order valence-corrected chi connectivity index (χ1v) is 14.5. The number of pyridine rings is 1. The maximum Gasteiger partial charge on any atom is 0.254 e. The molecular formula is C30H31N3O5S. The van der Waals surface area contributed by atoms with E-state index >= 15 is 0 Å². The Morgan fingerprint density at radius 3 is 2.49 bits per heavy atom. The zero-order chi connectivity index (χ0) is 27.4. The van der Waals surface area contributed by atoms with Crippen molar-refractivity contribution in [2.75, 3.05) is 45.3 Å². The van der Waals surface area contributed by atoms with Crippen LogP contribution in [0.1, 0.15) is 22.3 Å². The van der Waals surface area contributed by atoms with Crippen LogP contribution in [-0.2, 0) is 15.6 Å². The largest absolute Gasteiger partial charge is 0.496 e. The zero-order valence-electron chi connectivity index (χ0n) is 22.0. The molecule has 0 atom stereocenters. The Balaban J connectivity index is 1.34. The van der Waals surface area contributed by atoms with Crippen molar-refractivity contribution in [2.45, 2.75) is 17.1 Å². The van der Waals surface area contributed by atoms with Crippen molar-refractivity contribution < 1.29 is 22.7 Å². The highest BCUT2D eigenvalue weighted by Gasteiger charge is 2.25.